The van der Waals surface area contributed by atoms with Crippen molar-refractivity contribution in [3.05, 3.63) is 29.8 Å². The predicted molar refractivity (Wildman–Crippen MR) is 89.8 cm³/mol. The van der Waals surface area contributed by atoms with Crippen molar-refractivity contribution in [3.8, 4) is 0 Å². The molecular weight excluding hydrogens is 276 g/mol. The van der Waals surface area contributed by atoms with Crippen molar-refractivity contribution in [3.63, 3.8) is 0 Å². The molecule has 1 aromatic carbocycles. The number of nitrogens with one attached hydrogen (secondary N) is 2. The van der Waals surface area contributed by atoms with Crippen molar-refractivity contribution in [1.82, 2.24) is 5.32 Å². The first-order chi connectivity index (χ1) is 10.7. The van der Waals surface area contributed by atoms with Gasteiger partial charge in [-0.2, -0.15) is 0 Å². The lowest BCUT2D eigenvalue weighted by Gasteiger charge is -2.28. The third-order valence-corrected chi connectivity index (χ3v) is 4.33. The Bertz CT molecular complexity index is 470. The summed E-state index contributed by atoms with van der Waals surface area (Å²) >= 11 is 0. The van der Waals surface area contributed by atoms with E-state index in [1.807, 2.05) is 31.2 Å². The molecule has 0 aromatic heterocycles. The first-order valence-electron chi connectivity index (χ1n) is 8.36. The van der Waals surface area contributed by atoms with Crippen molar-refractivity contribution in [1.29, 1.82) is 0 Å². The van der Waals surface area contributed by atoms with Crippen LogP contribution in [0.5, 0.6) is 0 Å². The van der Waals surface area contributed by atoms with Crippen LogP contribution in [0.15, 0.2) is 24.3 Å². The zero-order valence-corrected chi connectivity index (χ0v) is 13.7. The Labute approximate surface area is 133 Å². The van der Waals surface area contributed by atoms with Gasteiger partial charge in [-0.25, -0.2) is 0 Å². The highest BCUT2D eigenvalue weighted by Gasteiger charge is 2.22. The first kappa shape index (κ1) is 17.0. The van der Waals surface area contributed by atoms with Crippen LogP contribution in [0.1, 0.15) is 38.7 Å². The van der Waals surface area contributed by atoms with E-state index in [1.165, 1.54) is 12.8 Å². The van der Waals surface area contributed by atoms with Crippen LogP contribution in [-0.2, 0) is 16.1 Å². The van der Waals surface area contributed by atoms with Gasteiger partial charge in [0.25, 0.3) is 0 Å². The minimum atomic E-state index is 0.103. The van der Waals surface area contributed by atoms with E-state index in [-0.39, 0.29) is 5.91 Å². The van der Waals surface area contributed by atoms with E-state index in [0.717, 1.165) is 24.3 Å². The molecule has 1 amide bonds. The molecule has 2 atom stereocenters. The van der Waals surface area contributed by atoms with Crippen molar-refractivity contribution in [2.45, 2.75) is 39.7 Å². The fraction of sp³-hybridized carbons (Fsp3) is 0.611. The number of carbonyl (C=O) groups is 1. The highest BCUT2D eigenvalue weighted by molar-refractivity contribution is 5.90. The van der Waals surface area contributed by atoms with Gasteiger partial charge in [-0.1, -0.05) is 19.1 Å². The van der Waals surface area contributed by atoms with Crippen LogP contribution >= 0.6 is 0 Å². The van der Waals surface area contributed by atoms with Crippen LogP contribution in [0.2, 0.25) is 0 Å². The molecule has 122 valence electrons. The number of rotatable bonds is 7. The molecule has 4 nitrogen and oxygen atoms in total. The predicted octanol–water partition coefficient (Wildman–Crippen LogP) is 3.19. The SMILES string of the molecule is CCOCc1cccc(NC(=O)CC(C)C2CCCNC2)c1. The van der Waals surface area contributed by atoms with Gasteiger partial charge in [0.15, 0.2) is 0 Å². The van der Waals surface area contributed by atoms with E-state index in [4.69, 9.17) is 4.74 Å². The summed E-state index contributed by atoms with van der Waals surface area (Å²) in [6, 6.07) is 7.89. The van der Waals surface area contributed by atoms with Gasteiger partial charge in [0.1, 0.15) is 0 Å². The quantitative estimate of drug-likeness (QED) is 0.813. The summed E-state index contributed by atoms with van der Waals surface area (Å²) in [4.78, 5) is 12.2. The van der Waals surface area contributed by atoms with Gasteiger partial charge in [0.05, 0.1) is 6.61 Å². The summed E-state index contributed by atoms with van der Waals surface area (Å²) in [6.45, 7) is 7.60. The average Bonchev–Trinajstić information content (AvgIpc) is 2.54. The van der Waals surface area contributed by atoms with Gasteiger partial charge in [-0.05, 0) is 62.4 Å². The first-order valence-corrected chi connectivity index (χ1v) is 8.36. The minimum absolute atomic E-state index is 0.103. The minimum Gasteiger partial charge on any atom is -0.377 e. The maximum Gasteiger partial charge on any atom is 0.224 e. The number of hydrogen-bond acceptors (Lipinski definition) is 3. The fourth-order valence-corrected chi connectivity index (χ4v) is 2.99. The van der Waals surface area contributed by atoms with Gasteiger partial charge < -0.3 is 15.4 Å². The number of amides is 1. The molecule has 2 N–H and O–H groups in total. The third-order valence-electron chi connectivity index (χ3n) is 4.33. The summed E-state index contributed by atoms with van der Waals surface area (Å²) in [5, 5.41) is 6.43. The summed E-state index contributed by atoms with van der Waals surface area (Å²) in [5.41, 5.74) is 1.94. The lowest BCUT2D eigenvalue weighted by atomic mass is 9.85. The summed E-state index contributed by atoms with van der Waals surface area (Å²) < 4.78 is 5.40. The number of anilines is 1. The Balaban J connectivity index is 1.83. The van der Waals surface area contributed by atoms with Crippen LogP contribution in [0.3, 0.4) is 0 Å². The lowest BCUT2D eigenvalue weighted by molar-refractivity contribution is -0.117. The largest absolute Gasteiger partial charge is 0.377 e. The van der Waals surface area contributed by atoms with Crippen molar-refractivity contribution in [2.75, 3.05) is 25.0 Å². The summed E-state index contributed by atoms with van der Waals surface area (Å²) in [6.07, 6.45) is 3.03. The van der Waals surface area contributed by atoms with Gasteiger partial charge in [-0.3, -0.25) is 4.79 Å². The van der Waals surface area contributed by atoms with Gasteiger partial charge >= 0.3 is 0 Å². The molecule has 4 heteroatoms. The molecule has 1 aromatic rings. The molecule has 1 fully saturated rings. The highest BCUT2D eigenvalue weighted by atomic mass is 16.5. The molecule has 0 bridgehead atoms. The summed E-state index contributed by atoms with van der Waals surface area (Å²) in [7, 11) is 0. The second kappa shape index (κ2) is 8.91. The van der Waals surface area contributed by atoms with E-state index < -0.39 is 0 Å². The number of hydrogen-bond donors (Lipinski definition) is 2. The maximum absolute atomic E-state index is 12.2. The Kier molecular flexibility index (Phi) is 6.87. The molecular formula is C18H28N2O2. The van der Waals surface area contributed by atoms with E-state index in [9.17, 15) is 4.79 Å². The molecule has 0 saturated carbocycles. The van der Waals surface area contributed by atoms with Crippen molar-refractivity contribution >= 4 is 11.6 Å². The molecule has 0 radical (unpaired) electrons. The topological polar surface area (TPSA) is 50.4 Å². The van der Waals surface area contributed by atoms with Crippen molar-refractivity contribution in [2.24, 2.45) is 11.8 Å². The number of benzene rings is 1. The van der Waals surface area contributed by atoms with Gasteiger partial charge in [0, 0.05) is 18.7 Å². The Morgan fingerprint density at radius 2 is 2.36 bits per heavy atom. The van der Waals surface area contributed by atoms with Crippen LogP contribution in [0.4, 0.5) is 5.69 Å². The monoisotopic (exact) mass is 304 g/mol. The molecule has 1 saturated heterocycles. The standard InChI is InChI=1S/C18H28N2O2/c1-3-22-13-15-6-4-8-17(11-15)20-18(21)10-14(2)16-7-5-9-19-12-16/h4,6,8,11,14,16,19H,3,5,7,9-10,12-13H2,1-2H3,(H,20,21). The fourth-order valence-electron chi connectivity index (χ4n) is 2.99. The average molecular weight is 304 g/mol. The molecule has 2 rings (SSSR count). The molecule has 1 aliphatic heterocycles. The van der Waals surface area contributed by atoms with Crippen LogP contribution in [-0.4, -0.2) is 25.6 Å². The zero-order chi connectivity index (χ0) is 15.8. The van der Waals surface area contributed by atoms with Crippen LogP contribution < -0.4 is 10.6 Å². The highest BCUT2D eigenvalue weighted by Crippen LogP contribution is 2.23. The number of ether oxygens (including phenoxy) is 1. The second-order valence-corrected chi connectivity index (χ2v) is 6.17. The summed E-state index contributed by atoms with van der Waals surface area (Å²) in [5.74, 6) is 1.13. The molecule has 0 aliphatic carbocycles. The van der Waals surface area contributed by atoms with E-state index >= 15 is 0 Å². The Hall–Kier alpha value is -1.39. The zero-order valence-electron chi connectivity index (χ0n) is 13.7. The van der Waals surface area contributed by atoms with E-state index in [1.54, 1.807) is 0 Å². The normalized spacial score (nSPS) is 19.6. The molecule has 2 unspecified atom stereocenters. The lowest BCUT2D eigenvalue weighted by Crippen LogP contribution is -2.34. The number of carbonyl (C=O) groups excluding carboxylic acids is 1. The third kappa shape index (κ3) is 5.43. The molecule has 22 heavy (non-hydrogen) atoms. The number of piperidine rings is 1. The van der Waals surface area contributed by atoms with E-state index in [2.05, 4.69) is 17.6 Å². The Morgan fingerprint density at radius 1 is 1.50 bits per heavy atom. The Morgan fingerprint density at radius 3 is 3.09 bits per heavy atom. The molecule has 0 spiro atoms. The molecule has 1 heterocycles. The smallest absolute Gasteiger partial charge is 0.224 e. The molecule has 1 aliphatic rings. The second-order valence-electron chi connectivity index (χ2n) is 6.17. The van der Waals surface area contributed by atoms with E-state index in [0.29, 0.717) is 31.5 Å². The maximum atomic E-state index is 12.2. The van der Waals surface area contributed by atoms with Crippen LogP contribution in [0.25, 0.3) is 0 Å². The van der Waals surface area contributed by atoms with Crippen molar-refractivity contribution < 1.29 is 9.53 Å². The van der Waals surface area contributed by atoms with Gasteiger partial charge in [0.2, 0.25) is 5.91 Å². The van der Waals surface area contributed by atoms with Crippen LogP contribution in [0, 0.1) is 11.8 Å². The van der Waals surface area contributed by atoms with Gasteiger partial charge in [-0.15, -0.1) is 0 Å².